The maximum atomic E-state index is 12.3. The Bertz CT molecular complexity index is 929. The molecule has 1 aliphatic rings. The first kappa shape index (κ1) is 16.7. The molecular formula is C18H17N3O4S. The van der Waals surface area contributed by atoms with Crippen LogP contribution in [-0.4, -0.2) is 30.0 Å². The molecule has 3 heterocycles. The van der Waals surface area contributed by atoms with E-state index in [0.717, 1.165) is 28.7 Å². The highest BCUT2D eigenvalue weighted by molar-refractivity contribution is 7.22. The maximum absolute atomic E-state index is 12.3. The van der Waals surface area contributed by atoms with Gasteiger partial charge in [-0.2, -0.15) is 0 Å². The second kappa shape index (κ2) is 7.27. The fourth-order valence-corrected chi connectivity index (χ4v) is 3.73. The molecule has 0 radical (unpaired) electrons. The van der Waals surface area contributed by atoms with Gasteiger partial charge in [-0.3, -0.25) is 14.9 Å². The molecular weight excluding hydrogens is 354 g/mol. The summed E-state index contributed by atoms with van der Waals surface area (Å²) >= 11 is 1.34. The Kier molecular flexibility index (Phi) is 4.68. The largest absolute Gasteiger partial charge is 0.459 e. The summed E-state index contributed by atoms with van der Waals surface area (Å²) in [4.78, 5) is 28.8. The molecule has 26 heavy (non-hydrogen) atoms. The van der Waals surface area contributed by atoms with Crippen LogP contribution >= 0.6 is 11.3 Å². The van der Waals surface area contributed by atoms with E-state index in [2.05, 4.69) is 15.6 Å². The van der Waals surface area contributed by atoms with Gasteiger partial charge >= 0.3 is 0 Å². The molecule has 0 aliphatic carbocycles. The Morgan fingerprint density at radius 1 is 1.15 bits per heavy atom. The molecule has 0 atom stereocenters. The summed E-state index contributed by atoms with van der Waals surface area (Å²) in [6.07, 6.45) is 2.94. The molecule has 134 valence electrons. The summed E-state index contributed by atoms with van der Waals surface area (Å²) in [5.41, 5.74) is 1.48. The molecule has 7 nitrogen and oxygen atoms in total. The van der Waals surface area contributed by atoms with Gasteiger partial charge in [-0.1, -0.05) is 11.3 Å². The third-order valence-corrected chi connectivity index (χ3v) is 5.15. The average molecular weight is 371 g/mol. The van der Waals surface area contributed by atoms with Crippen molar-refractivity contribution in [1.29, 1.82) is 0 Å². The number of thiazole rings is 1. The van der Waals surface area contributed by atoms with E-state index >= 15 is 0 Å². The van der Waals surface area contributed by atoms with Crippen LogP contribution in [0.15, 0.2) is 41.0 Å². The summed E-state index contributed by atoms with van der Waals surface area (Å²) in [5.74, 6) is -0.108. The van der Waals surface area contributed by atoms with Crippen molar-refractivity contribution in [3.8, 4) is 0 Å². The summed E-state index contributed by atoms with van der Waals surface area (Å²) in [6, 6.07) is 8.76. The Morgan fingerprint density at radius 2 is 2.00 bits per heavy atom. The van der Waals surface area contributed by atoms with Crippen LogP contribution in [0, 0.1) is 5.92 Å². The molecule has 0 saturated carbocycles. The van der Waals surface area contributed by atoms with E-state index in [1.807, 2.05) is 18.2 Å². The first-order valence-electron chi connectivity index (χ1n) is 8.33. The number of fused-ring (bicyclic) bond motifs is 1. The molecule has 0 unspecified atom stereocenters. The van der Waals surface area contributed by atoms with Crippen molar-refractivity contribution < 1.29 is 18.7 Å². The maximum Gasteiger partial charge on any atom is 0.293 e. The average Bonchev–Trinajstić information content (AvgIpc) is 3.31. The van der Waals surface area contributed by atoms with Crippen LogP contribution < -0.4 is 10.6 Å². The Balaban J connectivity index is 1.47. The molecule has 0 spiro atoms. The SMILES string of the molecule is O=C(Nc1nc2ccc(NC(=O)C3CCOCC3)cc2s1)c1ccco1. The van der Waals surface area contributed by atoms with Gasteiger partial charge in [0.05, 0.1) is 16.5 Å². The van der Waals surface area contributed by atoms with Crippen LogP contribution in [0.2, 0.25) is 0 Å². The van der Waals surface area contributed by atoms with Crippen molar-refractivity contribution in [2.75, 3.05) is 23.8 Å². The number of amides is 2. The fourth-order valence-electron chi connectivity index (χ4n) is 2.83. The molecule has 2 N–H and O–H groups in total. The number of carbonyl (C=O) groups excluding carboxylic acids is 2. The zero-order valence-electron chi connectivity index (χ0n) is 13.9. The lowest BCUT2D eigenvalue weighted by atomic mass is 9.99. The predicted molar refractivity (Wildman–Crippen MR) is 98.5 cm³/mol. The third kappa shape index (κ3) is 3.61. The van der Waals surface area contributed by atoms with E-state index in [1.54, 1.807) is 12.1 Å². The fraction of sp³-hybridized carbons (Fsp3) is 0.278. The molecule has 3 aromatic rings. The zero-order valence-corrected chi connectivity index (χ0v) is 14.7. The van der Waals surface area contributed by atoms with Gasteiger partial charge < -0.3 is 14.5 Å². The van der Waals surface area contributed by atoms with Crippen molar-refractivity contribution in [3.05, 3.63) is 42.4 Å². The topological polar surface area (TPSA) is 93.5 Å². The van der Waals surface area contributed by atoms with Crippen molar-refractivity contribution in [2.24, 2.45) is 5.92 Å². The normalized spacial score (nSPS) is 15.1. The quantitative estimate of drug-likeness (QED) is 0.732. The van der Waals surface area contributed by atoms with Gasteiger partial charge in [-0.15, -0.1) is 0 Å². The molecule has 2 aromatic heterocycles. The smallest absolute Gasteiger partial charge is 0.293 e. The first-order chi connectivity index (χ1) is 12.7. The molecule has 2 amide bonds. The van der Waals surface area contributed by atoms with Gasteiger partial charge in [0, 0.05) is 24.8 Å². The van der Waals surface area contributed by atoms with Crippen LogP contribution in [0.1, 0.15) is 23.4 Å². The second-order valence-electron chi connectivity index (χ2n) is 6.01. The lowest BCUT2D eigenvalue weighted by molar-refractivity contribution is -0.122. The van der Waals surface area contributed by atoms with E-state index < -0.39 is 0 Å². The molecule has 8 heteroatoms. The highest BCUT2D eigenvalue weighted by Crippen LogP contribution is 2.29. The summed E-state index contributed by atoms with van der Waals surface area (Å²) < 4.78 is 11.2. The van der Waals surface area contributed by atoms with Gasteiger partial charge in [0.2, 0.25) is 5.91 Å². The minimum Gasteiger partial charge on any atom is -0.459 e. The molecule has 1 aromatic carbocycles. The summed E-state index contributed by atoms with van der Waals surface area (Å²) in [6.45, 7) is 1.26. The predicted octanol–water partition coefficient (Wildman–Crippen LogP) is 3.51. The number of nitrogens with zero attached hydrogens (tertiary/aromatic N) is 1. The van der Waals surface area contributed by atoms with Crippen LogP contribution in [0.25, 0.3) is 10.2 Å². The van der Waals surface area contributed by atoms with Gasteiger partial charge in [-0.05, 0) is 43.2 Å². The third-order valence-electron chi connectivity index (χ3n) is 4.21. The Morgan fingerprint density at radius 3 is 2.77 bits per heavy atom. The van der Waals surface area contributed by atoms with Crippen LogP contribution in [-0.2, 0) is 9.53 Å². The van der Waals surface area contributed by atoms with Crippen molar-refractivity contribution >= 4 is 44.2 Å². The highest BCUT2D eigenvalue weighted by atomic mass is 32.1. The minimum absolute atomic E-state index is 0.0101. The lowest BCUT2D eigenvalue weighted by Gasteiger charge is -2.21. The van der Waals surface area contributed by atoms with E-state index in [1.165, 1.54) is 17.6 Å². The highest BCUT2D eigenvalue weighted by Gasteiger charge is 2.21. The molecule has 0 bridgehead atoms. The molecule has 1 saturated heterocycles. The summed E-state index contributed by atoms with van der Waals surface area (Å²) in [7, 11) is 0. The van der Waals surface area contributed by atoms with E-state index in [9.17, 15) is 9.59 Å². The molecule has 1 fully saturated rings. The van der Waals surface area contributed by atoms with E-state index in [-0.39, 0.29) is 23.5 Å². The van der Waals surface area contributed by atoms with Crippen molar-refractivity contribution in [1.82, 2.24) is 4.98 Å². The van der Waals surface area contributed by atoms with E-state index in [0.29, 0.717) is 18.3 Å². The number of rotatable bonds is 4. The minimum atomic E-state index is -0.345. The van der Waals surface area contributed by atoms with E-state index in [4.69, 9.17) is 9.15 Å². The molecule has 4 rings (SSSR count). The summed E-state index contributed by atoms with van der Waals surface area (Å²) in [5, 5.41) is 6.16. The van der Waals surface area contributed by atoms with Gasteiger partial charge in [0.15, 0.2) is 10.9 Å². The van der Waals surface area contributed by atoms with Crippen molar-refractivity contribution in [3.63, 3.8) is 0 Å². The lowest BCUT2D eigenvalue weighted by Crippen LogP contribution is -2.28. The second-order valence-corrected chi connectivity index (χ2v) is 7.04. The van der Waals surface area contributed by atoms with Crippen LogP contribution in [0.3, 0.4) is 0 Å². The number of anilines is 2. The number of furan rings is 1. The number of nitrogens with one attached hydrogen (secondary N) is 2. The number of hydrogen-bond acceptors (Lipinski definition) is 6. The van der Waals surface area contributed by atoms with Gasteiger partial charge in [0.25, 0.3) is 5.91 Å². The number of aromatic nitrogens is 1. The first-order valence-corrected chi connectivity index (χ1v) is 9.15. The van der Waals surface area contributed by atoms with Gasteiger partial charge in [0.1, 0.15) is 0 Å². The van der Waals surface area contributed by atoms with Gasteiger partial charge in [-0.25, -0.2) is 4.98 Å². The number of carbonyl (C=O) groups is 2. The Hall–Kier alpha value is -2.71. The number of ether oxygens (including phenoxy) is 1. The Labute approximate surface area is 153 Å². The van der Waals surface area contributed by atoms with Crippen molar-refractivity contribution in [2.45, 2.75) is 12.8 Å². The monoisotopic (exact) mass is 371 g/mol. The van der Waals surface area contributed by atoms with Crippen LogP contribution in [0.4, 0.5) is 10.8 Å². The number of benzene rings is 1. The molecule has 1 aliphatic heterocycles. The standard InChI is InChI=1S/C18H17N3O4S/c22-16(11-5-8-24-9-6-11)19-12-3-4-13-15(10-12)26-18(20-13)21-17(23)14-2-1-7-25-14/h1-4,7,10-11H,5-6,8-9H2,(H,19,22)(H,20,21,23). The number of hydrogen-bond donors (Lipinski definition) is 2. The van der Waals surface area contributed by atoms with Crippen LogP contribution in [0.5, 0.6) is 0 Å². The zero-order chi connectivity index (χ0) is 17.9.